The molecule has 0 saturated carbocycles. The highest BCUT2D eigenvalue weighted by atomic mass is 35.5. The average Bonchev–Trinajstić information content (AvgIpc) is 2.44. The minimum atomic E-state index is -0.0704. The van der Waals surface area contributed by atoms with Gasteiger partial charge in [-0.2, -0.15) is 0 Å². The van der Waals surface area contributed by atoms with Crippen LogP contribution in [0.2, 0.25) is 0 Å². The smallest absolute Gasteiger partial charge is 0.224 e. The predicted octanol–water partition coefficient (Wildman–Crippen LogP) is 2.56. The average molecular weight is 342 g/mol. The summed E-state index contributed by atoms with van der Waals surface area (Å²) in [7, 11) is 1.83. The molecule has 3 N–H and O–H groups in total. The summed E-state index contributed by atoms with van der Waals surface area (Å²) < 4.78 is 0. The molecule has 0 aliphatic heterocycles. The van der Waals surface area contributed by atoms with Crippen LogP contribution in [-0.2, 0) is 16.1 Å². The topological polar surface area (TPSA) is 70.2 Å². The molecule has 1 rings (SSSR count). The van der Waals surface area contributed by atoms with Crippen LogP contribution in [0.4, 0.5) is 5.69 Å². The third-order valence-electron chi connectivity index (χ3n) is 3.23. The molecule has 23 heavy (non-hydrogen) atoms. The molecule has 130 valence electrons. The largest absolute Gasteiger partial charge is 0.352 e. The van der Waals surface area contributed by atoms with E-state index in [0.29, 0.717) is 25.4 Å². The second-order valence-corrected chi connectivity index (χ2v) is 6.02. The van der Waals surface area contributed by atoms with E-state index < -0.39 is 0 Å². The van der Waals surface area contributed by atoms with E-state index in [9.17, 15) is 9.59 Å². The van der Waals surface area contributed by atoms with Crippen LogP contribution in [0, 0.1) is 11.8 Å². The van der Waals surface area contributed by atoms with E-state index in [1.165, 1.54) is 0 Å². The summed E-state index contributed by atoms with van der Waals surface area (Å²) in [4.78, 5) is 23.6. The number of halogens is 1. The van der Waals surface area contributed by atoms with Crippen LogP contribution in [-0.4, -0.2) is 25.4 Å². The van der Waals surface area contributed by atoms with Crippen LogP contribution >= 0.6 is 12.4 Å². The molecule has 6 heteroatoms. The molecule has 2 amide bonds. The minimum Gasteiger partial charge on any atom is -0.352 e. The summed E-state index contributed by atoms with van der Waals surface area (Å²) in [6.07, 6.45) is 0.502. The van der Waals surface area contributed by atoms with Crippen LogP contribution < -0.4 is 16.0 Å². The first-order chi connectivity index (χ1) is 10.4. The van der Waals surface area contributed by atoms with E-state index in [1.54, 1.807) is 0 Å². The van der Waals surface area contributed by atoms with Gasteiger partial charge in [0.25, 0.3) is 0 Å². The Morgan fingerprint density at radius 1 is 1.17 bits per heavy atom. The second kappa shape index (κ2) is 11.0. The summed E-state index contributed by atoms with van der Waals surface area (Å²) in [5, 5.41) is 8.77. The zero-order valence-electron chi connectivity index (χ0n) is 14.3. The van der Waals surface area contributed by atoms with E-state index in [1.807, 2.05) is 52.1 Å². The van der Waals surface area contributed by atoms with Crippen LogP contribution in [0.25, 0.3) is 0 Å². The number of rotatable bonds is 8. The molecule has 0 aromatic heterocycles. The van der Waals surface area contributed by atoms with Crippen molar-refractivity contribution >= 4 is 29.9 Å². The number of hydrogen-bond acceptors (Lipinski definition) is 3. The Kier molecular flexibility index (Phi) is 10.3. The Balaban J connectivity index is 0.00000484. The Morgan fingerprint density at radius 3 is 2.48 bits per heavy atom. The van der Waals surface area contributed by atoms with Gasteiger partial charge in [-0.05, 0) is 30.7 Å². The van der Waals surface area contributed by atoms with Crippen molar-refractivity contribution in [2.24, 2.45) is 11.8 Å². The molecule has 0 spiro atoms. The van der Waals surface area contributed by atoms with Gasteiger partial charge in [0.2, 0.25) is 11.8 Å². The number of anilines is 1. The lowest BCUT2D eigenvalue weighted by Gasteiger charge is -2.12. The number of carbonyl (C=O) groups excluding carboxylic acids is 2. The highest BCUT2D eigenvalue weighted by Gasteiger charge is 2.11. The lowest BCUT2D eigenvalue weighted by atomic mass is 10.1. The van der Waals surface area contributed by atoms with Gasteiger partial charge in [-0.1, -0.05) is 32.9 Å². The van der Waals surface area contributed by atoms with Gasteiger partial charge >= 0.3 is 0 Å². The fraction of sp³-hybridized carbons (Fsp3) is 0.529. The molecule has 1 aromatic rings. The van der Waals surface area contributed by atoms with Crippen molar-refractivity contribution in [3.63, 3.8) is 0 Å². The van der Waals surface area contributed by atoms with Gasteiger partial charge in [-0.3, -0.25) is 9.59 Å². The summed E-state index contributed by atoms with van der Waals surface area (Å²) in [5.41, 5.74) is 1.73. The van der Waals surface area contributed by atoms with Gasteiger partial charge < -0.3 is 16.0 Å². The van der Waals surface area contributed by atoms with E-state index in [2.05, 4.69) is 16.0 Å². The van der Waals surface area contributed by atoms with Gasteiger partial charge in [0.05, 0.1) is 0 Å². The maximum Gasteiger partial charge on any atom is 0.224 e. The molecule has 0 heterocycles. The second-order valence-electron chi connectivity index (χ2n) is 6.02. The van der Waals surface area contributed by atoms with Crippen LogP contribution in [0.1, 0.15) is 32.8 Å². The summed E-state index contributed by atoms with van der Waals surface area (Å²) in [6, 6.07) is 7.55. The molecule has 1 unspecified atom stereocenters. The lowest BCUT2D eigenvalue weighted by Crippen LogP contribution is -2.33. The van der Waals surface area contributed by atoms with E-state index in [0.717, 1.165) is 11.3 Å². The van der Waals surface area contributed by atoms with Crippen molar-refractivity contribution in [3.05, 3.63) is 29.8 Å². The molecule has 1 aromatic carbocycles. The lowest BCUT2D eigenvalue weighted by molar-refractivity contribution is -0.124. The quantitative estimate of drug-likeness (QED) is 0.680. The highest BCUT2D eigenvalue weighted by Crippen LogP contribution is 2.12. The normalized spacial score (nSPS) is 11.5. The van der Waals surface area contributed by atoms with E-state index in [4.69, 9.17) is 0 Å². The van der Waals surface area contributed by atoms with Crippen molar-refractivity contribution in [2.45, 2.75) is 33.7 Å². The van der Waals surface area contributed by atoms with Crippen LogP contribution in [0.3, 0.4) is 0 Å². The molecule has 5 nitrogen and oxygen atoms in total. The van der Waals surface area contributed by atoms with Crippen molar-refractivity contribution in [2.75, 3.05) is 18.9 Å². The number of benzene rings is 1. The maximum atomic E-state index is 11.9. The van der Waals surface area contributed by atoms with Crippen LogP contribution in [0.15, 0.2) is 24.3 Å². The van der Waals surface area contributed by atoms with E-state index >= 15 is 0 Å². The van der Waals surface area contributed by atoms with Gasteiger partial charge in [0.1, 0.15) is 0 Å². The molecule has 0 fully saturated rings. The summed E-state index contributed by atoms with van der Waals surface area (Å²) in [5.74, 6) is 0.289. The third-order valence-corrected chi connectivity index (χ3v) is 3.23. The molecule has 0 aliphatic carbocycles. The van der Waals surface area contributed by atoms with Crippen molar-refractivity contribution in [1.82, 2.24) is 10.6 Å². The fourth-order valence-electron chi connectivity index (χ4n) is 2.10. The third kappa shape index (κ3) is 8.57. The van der Waals surface area contributed by atoms with E-state index in [-0.39, 0.29) is 30.1 Å². The highest BCUT2D eigenvalue weighted by molar-refractivity contribution is 5.90. The van der Waals surface area contributed by atoms with Gasteiger partial charge in [0.15, 0.2) is 0 Å². The number of carbonyl (C=O) groups is 2. The number of nitrogens with one attached hydrogen (secondary N) is 3. The molecule has 0 aliphatic rings. The van der Waals surface area contributed by atoms with Gasteiger partial charge in [0, 0.05) is 31.1 Å². The van der Waals surface area contributed by atoms with Crippen molar-refractivity contribution < 1.29 is 9.59 Å². The van der Waals surface area contributed by atoms with Gasteiger partial charge in [-0.15, -0.1) is 12.4 Å². The predicted molar refractivity (Wildman–Crippen MR) is 96.7 cm³/mol. The molecule has 0 saturated heterocycles. The molecule has 1 atom stereocenters. The minimum absolute atomic E-state index is 0. The molecular weight excluding hydrogens is 314 g/mol. The Bertz CT molecular complexity index is 506. The maximum absolute atomic E-state index is 11.9. The van der Waals surface area contributed by atoms with Crippen LogP contribution in [0.5, 0.6) is 0 Å². The zero-order chi connectivity index (χ0) is 16.5. The first-order valence-corrected chi connectivity index (χ1v) is 7.73. The summed E-state index contributed by atoms with van der Waals surface area (Å²) in [6.45, 7) is 7.02. The molecule has 0 radical (unpaired) electrons. The first-order valence-electron chi connectivity index (χ1n) is 7.73. The first kappa shape index (κ1) is 21.4. The van der Waals surface area contributed by atoms with Gasteiger partial charge in [-0.25, -0.2) is 0 Å². The molecular formula is C17H28ClN3O2. The SMILES string of the molecule is CNCC(C)C(=O)NCc1cccc(NC(=O)CC(C)C)c1.Cl. The standard InChI is InChI=1S/C17H27N3O2.ClH/c1-12(2)8-16(21)20-15-7-5-6-14(9-15)11-19-17(22)13(3)10-18-4;/h5-7,9,12-13,18H,8,10-11H2,1-4H3,(H,19,22)(H,20,21);1H. The Labute approximate surface area is 145 Å². The Morgan fingerprint density at radius 2 is 1.87 bits per heavy atom. The number of hydrogen-bond donors (Lipinski definition) is 3. The fourth-order valence-corrected chi connectivity index (χ4v) is 2.10. The monoisotopic (exact) mass is 341 g/mol. The van der Waals surface area contributed by atoms with Crippen molar-refractivity contribution in [3.8, 4) is 0 Å². The zero-order valence-corrected chi connectivity index (χ0v) is 15.1. The van der Waals surface area contributed by atoms with Crippen molar-refractivity contribution in [1.29, 1.82) is 0 Å². The number of amides is 2. The Hall–Kier alpha value is -1.59. The summed E-state index contributed by atoms with van der Waals surface area (Å²) >= 11 is 0. The molecule has 0 bridgehead atoms.